The Morgan fingerprint density at radius 3 is 3.10 bits per heavy atom. The van der Waals surface area contributed by atoms with Crippen LogP contribution < -0.4 is 10.6 Å². The molecule has 3 N–H and O–H groups in total. The zero-order valence-corrected chi connectivity index (χ0v) is 10.9. The third-order valence-corrected chi connectivity index (χ3v) is 3.39. The van der Waals surface area contributed by atoms with Gasteiger partial charge in [0.1, 0.15) is 5.75 Å². The van der Waals surface area contributed by atoms with Crippen molar-refractivity contribution >= 4 is 17.3 Å². The maximum absolute atomic E-state index is 12.2. The molecule has 0 saturated carbocycles. The fourth-order valence-corrected chi connectivity index (χ4v) is 2.39. The van der Waals surface area contributed by atoms with Crippen LogP contribution in [0.4, 0.5) is 11.4 Å². The lowest BCUT2D eigenvalue weighted by Crippen LogP contribution is -2.17. The maximum atomic E-state index is 12.2. The van der Waals surface area contributed by atoms with Crippen LogP contribution >= 0.6 is 0 Å². The van der Waals surface area contributed by atoms with Crippen molar-refractivity contribution in [3.8, 4) is 5.75 Å². The van der Waals surface area contributed by atoms with Gasteiger partial charge in [-0.25, -0.2) is 0 Å². The van der Waals surface area contributed by atoms with Gasteiger partial charge in [-0.15, -0.1) is 0 Å². The van der Waals surface area contributed by atoms with Gasteiger partial charge in [0.2, 0.25) is 0 Å². The largest absolute Gasteiger partial charge is 0.505 e. The molecule has 5 heteroatoms. The van der Waals surface area contributed by atoms with Crippen molar-refractivity contribution in [2.24, 2.45) is 0 Å². The average Bonchev–Trinajstić information content (AvgIpc) is 2.48. The highest BCUT2D eigenvalue weighted by molar-refractivity contribution is 6.06. The molecule has 2 heterocycles. The van der Waals surface area contributed by atoms with E-state index in [1.54, 1.807) is 0 Å². The summed E-state index contributed by atoms with van der Waals surface area (Å²) in [6.07, 6.45) is 4.72. The van der Waals surface area contributed by atoms with Crippen LogP contribution in [0.25, 0.3) is 0 Å². The summed E-state index contributed by atoms with van der Waals surface area (Å²) in [4.78, 5) is 16.0. The number of carbonyl (C=O) groups excluding carboxylic acids is 1. The Bertz CT molecular complexity index is 655. The summed E-state index contributed by atoms with van der Waals surface area (Å²) >= 11 is 0. The van der Waals surface area contributed by atoms with Crippen molar-refractivity contribution in [1.29, 1.82) is 0 Å². The lowest BCUT2D eigenvalue weighted by molar-refractivity contribution is 0.102. The second-order valence-corrected chi connectivity index (χ2v) is 4.71. The van der Waals surface area contributed by atoms with Gasteiger partial charge in [0.25, 0.3) is 5.91 Å². The summed E-state index contributed by atoms with van der Waals surface area (Å²) in [6.45, 7) is 0.954. The SMILES string of the molecule is O=C(Nc1cccc2c1CCCN2)c1ccncc1O. The second-order valence-electron chi connectivity index (χ2n) is 4.71. The molecule has 1 aliphatic rings. The molecule has 102 valence electrons. The normalized spacial score (nSPS) is 13.2. The number of nitrogens with zero attached hydrogens (tertiary/aromatic N) is 1. The Balaban J connectivity index is 1.89. The Morgan fingerprint density at radius 1 is 1.35 bits per heavy atom. The third kappa shape index (κ3) is 2.30. The number of hydrogen-bond donors (Lipinski definition) is 3. The van der Waals surface area contributed by atoms with E-state index in [0.29, 0.717) is 0 Å². The monoisotopic (exact) mass is 269 g/mol. The molecule has 5 nitrogen and oxygen atoms in total. The van der Waals surface area contributed by atoms with Crippen LogP contribution in [-0.2, 0) is 6.42 Å². The topological polar surface area (TPSA) is 74.2 Å². The first kappa shape index (κ1) is 12.5. The second kappa shape index (κ2) is 5.21. The van der Waals surface area contributed by atoms with E-state index in [0.717, 1.165) is 36.3 Å². The Labute approximate surface area is 116 Å². The molecule has 20 heavy (non-hydrogen) atoms. The Morgan fingerprint density at radius 2 is 2.25 bits per heavy atom. The number of nitrogens with one attached hydrogen (secondary N) is 2. The Hall–Kier alpha value is -2.56. The molecule has 0 atom stereocenters. The number of amides is 1. The minimum atomic E-state index is -0.330. The van der Waals surface area contributed by atoms with E-state index in [1.807, 2.05) is 18.2 Å². The van der Waals surface area contributed by atoms with Crippen molar-refractivity contribution in [3.63, 3.8) is 0 Å². The van der Waals surface area contributed by atoms with Gasteiger partial charge in [0.05, 0.1) is 11.8 Å². The predicted molar refractivity (Wildman–Crippen MR) is 77.1 cm³/mol. The van der Waals surface area contributed by atoms with Crippen molar-refractivity contribution in [3.05, 3.63) is 47.8 Å². The number of hydrogen-bond acceptors (Lipinski definition) is 4. The van der Waals surface area contributed by atoms with Gasteiger partial charge in [-0.1, -0.05) is 6.07 Å². The third-order valence-electron chi connectivity index (χ3n) is 3.39. The molecule has 1 aromatic heterocycles. The number of aromatic nitrogens is 1. The summed E-state index contributed by atoms with van der Waals surface area (Å²) in [5, 5.41) is 15.8. The van der Waals surface area contributed by atoms with E-state index in [-0.39, 0.29) is 17.2 Å². The fraction of sp³-hybridized carbons (Fsp3) is 0.200. The van der Waals surface area contributed by atoms with E-state index >= 15 is 0 Å². The van der Waals surface area contributed by atoms with E-state index in [1.165, 1.54) is 18.5 Å². The van der Waals surface area contributed by atoms with Crippen molar-refractivity contribution in [1.82, 2.24) is 4.98 Å². The maximum Gasteiger partial charge on any atom is 0.259 e. The molecule has 0 radical (unpaired) electrons. The minimum Gasteiger partial charge on any atom is -0.505 e. The molecule has 0 spiro atoms. The number of anilines is 2. The van der Waals surface area contributed by atoms with Gasteiger partial charge in [-0.2, -0.15) is 0 Å². The van der Waals surface area contributed by atoms with Crippen LogP contribution in [0.5, 0.6) is 5.75 Å². The lowest BCUT2D eigenvalue weighted by atomic mass is 10.0. The molecular formula is C15H15N3O2. The van der Waals surface area contributed by atoms with Gasteiger partial charge < -0.3 is 15.7 Å². The Kier molecular flexibility index (Phi) is 3.25. The van der Waals surface area contributed by atoms with Crippen molar-refractivity contribution in [2.45, 2.75) is 12.8 Å². The van der Waals surface area contributed by atoms with Crippen LogP contribution in [0, 0.1) is 0 Å². The average molecular weight is 269 g/mol. The lowest BCUT2D eigenvalue weighted by Gasteiger charge is -2.21. The van der Waals surface area contributed by atoms with E-state index in [2.05, 4.69) is 15.6 Å². The van der Waals surface area contributed by atoms with Crippen LogP contribution in [0.1, 0.15) is 22.3 Å². The number of pyridine rings is 1. The molecule has 0 saturated heterocycles. The van der Waals surface area contributed by atoms with Crippen LogP contribution in [0.3, 0.4) is 0 Å². The van der Waals surface area contributed by atoms with Crippen LogP contribution in [0.15, 0.2) is 36.7 Å². The molecule has 0 bridgehead atoms. The molecule has 0 aliphatic carbocycles. The quantitative estimate of drug-likeness (QED) is 0.782. The molecule has 0 unspecified atom stereocenters. The van der Waals surface area contributed by atoms with E-state index in [9.17, 15) is 9.90 Å². The molecular weight excluding hydrogens is 254 g/mol. The standard InChI is InChI=1S/C15H15N3O2/c19-14-9-16-8-6-11(14)15(20)18-13-5-1-4-12-10(13)3-2-7-17-12/h1,4-6,8-9,17,19H,2-3,7H2,(H,18,20). The molecule has 1 aliphatic heterocycles. The van der Waals surface area contributed by atoms with Gasteiger partial charge in [0.15, 0.2) is 0 Å². The van der Waals surface area contributed by atoms with E-state index < -0.39 is 0 Å². The zero-order chi connectivity index (χ0) is 13.9. The number of benzene rings is 1. The van der Waals surface area contributed by atoms with E-state index in [4.69, 9.17) is 0 Å². The van der Waals surface area contributed by atoms with Gasteiger partial charge in [-0.3, -0.25) is 9.78 Å². The highest BCUT2D eigenvalue weighted by atomic mass is 16.3. The molecule has 1 amide bonds. The molecule has 3 rings (SSSR count). The van der Waals surface area contributed by atoms with Crippen molar-refractivity contribution < 1.29 is 9.90 Å². The molecule has 1 aromatic carbocycles. The number of fused-ring (bicyclic) bond motifs is 1. The van der Waals surface area contributed by atoms with Gasteiger partial charge in [-0.05, 0) is 36.6 Å². The highest BCUT2D eigenvalue weighted by Gasteiger charge is 2.16. The number of carbonyl (C=O) groups is 1. The summed E-state index contributed by atoms with van der Waals surface area (Å²) in [5.74, 6) is -0.447. The first-order chi connectivity index (χ1) is 9.75. The summed E-state index contributed by atoms with van der Waals surface area (Å²) in [7, 11) is 0. The summed E-state index contributed by atoms with van der Waals surface area (Å²) in [6, 6.07) is 7.29. The van der Waals surface area contributed by atoms with Crippen molar-refractivity contribution in [2.75, 3.05) is 17.2 Å². The van der Waals surface area contributed by atoms with Gasteiger partial charge >= 0.3 is 0 Å². The fourth-order valence-electron chi connectivity index (χ4n) is 2.39. The van der Waals surface area contributed by atoms with Crippen LogP contribution in [-0.4, -0.2) is 22.5 Å². The van der Waals surface area contributed by atoms with Crippen LogP contribution in [0.2, 0.25) is 0 Å². The first-order valence-electron chi connectivity index (χ1n) is 6.56. The zero-order valence-electron chi connectivity index (χ0n) is 10.9. The van der Waals surface area contributed by atoms with Gasteiger partial charge in [0, 0.05) is 24.1 Å². The smallest absolute Gasteiger partial charge is 0.259 e. The summed E-state index contributed by atoms with van der Waals surface area (Å²) in [5.41, 5.74) is 3.19. The summed E-state index contributed by atoms with van der Waals surface area (Å²) < 4.78 is 0. The molecule has 2 aromatic rings. The number of aromatic hydroxyl groups is 1. The number of rotatable bonds is 2. The minimum absolute atomic E-state index is 0.118. The predicted octanol–water partition coefficient (Wildman–Crippen LogP) is 2.40. The highest BCUT2D eigenvalue weighted by Crippen LogP contribution is 2.29. The first-order valence-corrected chi connectivity index (χ1v) is 6.56. The molecule has 0 fully saturated rings.